The van der Waals surface area contributed by atoms with Crippen molar-refractivity contribution < 1.29 is 28.1 Å². The molecule has 3 N–H and O–H groups in total. The average Bonchev–Trinajstić information content (AvgIpc) is 3.37. The van der Waals surface area contributed by atoms with Gasteiger partial charge in [0.1, 0.15) is 29.8 Å². The molecule has 2 aromatic carbocycles. The maximum absolute atomic E-state index is 15.1. The summed E-state index contributed by atoms with van der Waals surface area (Å²) in [5, 5.41) is 22.1. The zero-order valence-electron chi connectivity index (χ0n) is 20.5. The lowest BCUT2D eigenvalue weighted by molar-refractivity contribution is 0.0706. The standard InChI is InChI=1S/C27H23F2N5O4/c1-27(13-35)12-33-26(37-14-27)34-17-8-19(28)24(20(29)9-17)38-22-5-6-31-25-23(22)18(11-32-25)15-3-4-21(36-2)16(7-15)10-30/h3-9,11,35H,12-14H2,1-2H3,(H,31,32)(H,33,34). The number of aromatic amines is 1. The minimum atomic E-state index is -0.942. The maximum Gasteiger partial charge on any atom is 0.289 e. The third kappa shape index (κ3) is 4.69. The normalized spacial score (nSPS) is 16.9. The zero-order valence-corrected chi connectivity index (χ0v) is 20.5. The molecule has 5 rings (SSSR count). The molecule has 0 spiro atoms. The van der Waals surface area contributed by atoms with Gasteiger partial charge in [-0.15, -0.1) is 0 Å². The van der Waals surface area contributed by atoms with Crippen molar-refractivity contribution in [3.8, 4) is 34.4 Å². The molecule has 0 saturated heterocycles. The van der Waals surface area contributed by atoms with Crippen LogP contribution < -0.4 is 14.8 Å². The second-order valence-electron chi connectivity index (χ2n) is 9.14. The van der Waals surface area contributed by atoms with Crippen molar-refractivity contribution in [2.75, 3.05) is 32.2 Å². The van der Waals surface area contributed by atoms with Crippen LogP contribution in [0.5, 0.6) is 17.2 Å². The lowest BCUT2D eigenvalue weighted by atomic mass is 9.93. The van der Waals surface area contributed by atoms with E-state index in [1.165, 1.54) is 19.4 Å². The molecule has 4 aromatic rings. The number of benzene rings is 2. The Bertz CT molecular complexity index is 1570. The second kappa shape index (κ2) is 9.99. The van der Waals surface area contributed by atoms with Crippen molar-refractivity contribution >= 4 is 22.7 Å². The Morgan fingerprint density at radius 1 is 1.21 bits per heavy atom. The SMILES string of the molecule is COc1ccc(-c2c[nH]c3nccc(Oc4c(F)cc(NC5=NCC(C)(CO)CO5)cc4F)c23)cc1C#N. The van der Waals surface area contributed by atoms with Crippen LogP contribution in [-0.2, 0) is 4.74 Å². The molecule has 11 heteroatoms. The van der Waals surface area contributed by atoms with E-state index in [9.17, 15) is 10.4 Å². The number of aliphatic hydroxyl groups is 1. The summed E-state index contributed by atoms with van der Waals surface area (Å²) in [6.45, 7) is 2.24. The fourth-order valence-corrected chi connectivity index (χ4v) is 4.03. The Morgan fingerprint density at radius 3 is 2.66 bits per heavy atom. The number of aliphatic hydroxyl groups excluding tert-OH is 1. The van der Waals surface area contributed by atoms with Gasteiger partial charge in [-0.1, -0.05) is 13.0 Å². The van der Waals surface area contributed by atoms with Crippen LogP contribution >= 0.6 is 0 Å². The molecular formula is C27H23F2N5O4. The lowest BCUT2D eigenvalue weighted by Gasteiger charge is -2.30. The number of nitriles is 1. The third-order valence-electron chi connectivity index (χ3n) is 6.17. The van der Waals surface area contributed by atoms with Crippen LogP contribution in [0.3, 0.4) is 0 Å². The van der Waals surface area contributed by atoms with Crippen LogP contribution in [0.2, 0.25) is 0 Å². The highest BCUT2D eigenvalue weighted by Crippen LogP contribution is 2.39. The van der Waals surface area contributed by atoms with E-state index >= 15 is 8.78 Å². The van der Waals surface area contributed by atoms with E-state index in [2.05, 4.69) is 26.3 Å². The van der Waals surface area contributed by atoms with Crippen LogP contribution in [-0.4, -0.2) is 48.0 Å². The molecule has 0 amide bonds. The van der Waals surface area contributed by atoms with Gasteiger partial charge < -0.3 is 29.6 Å². The number of pyridine rings is 1. The number of halogens is 2. The van der Waals surface area contributed by atoms with Gasteiger partial charge in [-0.3, -0.25) is 0 Å². The molecule has 1 aliphatic rings. The Balaban J connectivity index is 1.46. The number of amidine groups is 1. The predicted molar refractivity (Wildman–Crippen MR) is 136 cm³/mol. The number of fused-ring (bicyclic) bond motifs is 1. The first-order valence-electron chi connectivity index (χ1n) is 11.6. The molecule has 2 aromatic heterocycles. The van der Waals surface area contributed by atoms with Crippen molar-refractivity contribution in [3.63, 3.8) is 0 Å². The smallest absolute Gasteiger partial charge is 0.289 e. The van der Waals surface area contributed by atoms with Gasteiger partial charge in [0.05, 0.1) is 31.2 Å². The van der Waals surface area contributed by atoms with Crippen LogP contribution in [0.15, 0.2) is 53.8 Å². The monoisotopic (exact) mass is 519 g/mol. The first-order chi connectivity index (χ1) is 18.3. The molecule has 1 aliphatic heterocycles. The summed E-state index contributed by atoms with van der Waals surface area (Å²) < 4.78 is 46.6. The molecule has 0 saturated carbocycles. The van der Waals surface area contributed by atoms with E-state index in [1.807, 2.05) is 6.92 Å². The number of anilines is 1. The van der Waals surface area contributed by atoms with Gasteiger partial charge >= 0.3 is 0 Å². The third-order valence-corrected chi connectivity index (χ3v) is 6.17. The van der Waals surface area contributed by atoms with E-state index in [0.29, 0.717) is 40.0 Å². The van der Waals surface area contributed by atoms with Crippen molar-refractivity contribution in [2.45, 2.75) is 6.92 Å². The highest BCUT2D eigenvalue weighted by molar-refractivity contribution is 5.98. The van der Waals surface area contributed by atoms with Gasteiger partial charge in [-0.2, -0.15) is 5.26 Å². The van der Waals surface area contributed by atoms with E-state index in [-0.39, 0.29) is 30.7 Å². The number of methoxy groups -OCH3 is 1. The van der Waals surface area contributed by atoms with Gasteiger partial charge in [0, 0.05) is 41.2 Å². The summed E-state index contributed by atoms with van der Waals surface area (Å²) in [4.78, 5) is 11.5. The minimum Gasteiger partial charge on any atom is -0.495 e. The van der Waals surface area contributed by atoms with Gasteiger partial charge in [0.2, 0.25) is 0 Å². The van der Waals surface area contributed by atoms with E-state index in [0.717, 1.165) is 12.1 Å². The summed E-state index contributed by atoms with van der Waals surface area (Å²) >= 11 is 0. The Kier molecular flexibility index (Phi) is 6.57. The van der Waals surface area contributed by atoms with Crippen molar-refractivity contribution in [3.05, 3.63) is 66.0 Å². The molecule has 194 valence electrons. The van der Waals surface area contributed by atoms with Gasteiger partial charge in [-0.05, 0) is 23.8 Å². The lowest BCUT2D eigenvalue weighted by Crippen LogP contribution is -2.38. The number of aromatic nitrogens is 2. The van der Waals surface area contributed by atoms with Crippen LogP contribution in [0.1, 0.15) is 12.5 Å². The molecule has 3 heterocycles. The fourth-order valence-electron chi connectivity index (χ4n) is 4.03. The number of rotatable bonds is 6. The molecule has 1 atom stereocenters. The zero-order chi connectivity index (χ0) is 26.9. The first kappa shape index (κ1) is 25.0. The number of H-pyrrole nitrogens is 1. The van der Waals surface area contributed by atoms with Gasteiger partial charge in [0.25, 0.3) is 6.02 Å². The number of nitrogens with one attached hydrogen (secondary N) is 2. The number of ether oxygens (including phenoxy) is 3. The average molecular weight is 520 g/mol. The molecule has 1 unspecified atom stereocenters. The van der Waals surface area contributed by atoms with E-state index in [1.54, 1.807) is 24.4 Å². The van der Waals surface area contributed by atoms with Crippen molar-refractivity contribution in [2.24, 2.45) is 10.4 Å². The topological polar surface area (TPSA) is 125 Å². The maximum atomic E-state index is 15.1. The van der Waals surface area contributed by atoms with Gasteiger partial charge in [0.15, 0.2) is 17.4 Å². The molecule has 0 radical (unpaired) electrons. The Morgan fingerprint density at radius 2 is 2.00 bits per heavy atom. The Hall–Kier alpha value is -4.69. The summed E-state index contributed by atoms with van der Waals surface area (Å²) in [7, 11) is 1.48. The molecular weight excluding hydrogens is 496 g/mol. The summed E-state index contributed by atoms with van der Waals surface area (Å²) in [5.41, 5.74) is 1.64. The van der Waals surface area contributed by atoms with Crippen molar-refractivity contribution in [1.29, 1.82) is 5.26 Å². The van der Waals surface area contributed by atoms with Crippen LogP contribution in [0.4, 0.5) is 14.5 Å². The summed E-state index contributed by atoms with van der Waals surface area (Å²) in [5.74, 6) is -1.88. The number of hydrogen-bond acceptors (Lipinski definition) is 8. The second-order valence-corrected chi connectivity index (χ2v) is 9.14. The Labute approximate surface area is 216 Å². The van der Waals surface area contributed by atoms with Crippen molar-refractivity contribution in [1.82, 2.24) is 9.97 Å². The predicted octanol–water partition coefficient (Wildman–Crippen LogP) is 4.98. The summed E-state index contributed by atoms with van der Waals surface area (Å²) in [6.07, 6.45) is 3.14. The number of nitrogens with zero attached hydrogens (tertiary/aromatic N) is 3. The molecule has 0 aliphatic carbocycles. The van der Waals surface area contributed by atoms with Crippen LogP contribution in [0.25, 0.3) is 22.2 Å². The van der Waals surface area contributed by atoms with Crippen LogP contribution in [0, 0.1) is 28.4 Å². The molecule has 9 nitrogen and oxygen atoms in total. The first-order valence-corrected chi connectivity index (χ1v) is 11.6. The highest BCUT2D eigenvalue weighted by Gasteiger charge is 2.29. The quantitative estimate of drug-likeness (QED) is 0.328. The largest absolute Gasteiger partial charge is 0.495 e. The van der Waals surface area contributed by atoms with Gasteiger partial charge in [-0.25, -0.2) is 18.8 Å². The highest BCUT2D eigenvalue weighted by atomic mass is 19.1. The molecule has 38 heavy (non-hydrogen) atoms. The number of hydrogen-bond donors (Lipinski definition) is 3. The fraction of sp³-hybridized carbons (Fsp3) is 0.222. The minimum absolute atomic E-state index is 0.0863. The van der Waals surface area contributed by atoms with E-state index in [4.69, 9.17) is 14.2 Å². The van der Waals surface area contributed by atoms with E-state index < -0.39 is 22.8 Å². The molecule has 0 fully saturated rings. The molecule has 0 bridgehead atoms. The summed E-state index contributed by atoms with van der Waals surface area (Å²) in [6, 6.07) is 10.9. The number of aliphatic imine (C=N–C) groups is 1.